The van der Waals surface area contributed by atoms with Crippen LogP contribution in [0.25, 0.3) is 0 Å². The fraction of sp³-hybridized carbons (Fsp3) is 0.750. The van der Waals surface area contributed by atoms with E-state index in [2.05, 4.69) is 0 Å². The Hall–Kier alpha value is -1.14. The van der Waals surface area contributed by atoms with Crippen LogP contribution >= 0.6 is 0 Å². The molecule has 14 heavy (non-hydrogen) atoms. The predicted octanol–water partition coefficient (Wildman–Crippen LogP) is -2.22. The molecule has 1 aliphatic heterocycles. The smallest absolute Gasteiger partial charge is 0.240 e. The molecule has 1 heterocycles. The molecule has 0 aromatic carbocycles. The SMILES string of the molecule is CC(N)C(=O)N1CC(O)CC1C(N)=O. The third-order valence-electron chi connectivity index (χ3n) is 2.28. The molecule has 0 aromatic heterocycles. The molecule has 0 saturated carbocycles. The zero-order valence-electron chi connectivity index (χ0n) is 8.01. The summed E-state index contributed by atoms with van der Waals surface area (Å²) in [6, 6.07) is -1.40. The minimum Gasteiger partial charge on any atom is -0.391 e. The highest BCUT2D eigenvalue weighted by Gasteiger charge is 2.38. The summed E-state index contributed by atoms with van der Waals surface area (Å²) in [7, 11) is 0. The zero-order chi connectivity index (χ0) is 10.9. The third kappa shape index (κ3) is 2.02. The molecule has 1 saturated heterocycles. The first-order valence-electron chi connectivity index (χ1n) is 4.47. The summed E-state index contributed by atoms with van der Waals surface area (Å²) in [4.78, 5) is 23.7. The van der Waals surface area contributed by atoms with Crippen LogP contribution in [0, 0.1) is 0 Å². The molecule has 0 radical (unpaired) electrons. The average molecular weight is 201 g/mol. The highest BCUT2D eigenvalue weighted by molar-refractivity contribution is 5.89. The fourth-order valence-electron chi connectivity index (χ4n) is 1.59. The number of rotatable bonds is 2. The highest BCUT2D eigenvalue weighted by atomic mass is 16.3. The van der Waals surface area contributed by atoms with Crippen LogP contribution < -0.4 is 11.5 Å². The van der Waals surface area contributed by atoms with Crippen LogP contribution in [0.2, 0.25) is 0 Å². The third-order valence-corrected chi connectivity index (χ3v) is 2.28. The summed E-state index contributed by atoms with van der Waals surface area (Å²) in [6.45, 7) is 1.67. The number of amides is 2. The summed E-state index contributed by atoms with van der Waals surface area (Å²) in [5.74, 6) is -0.957. The lowest BCUT2D eigenvalue weighted by Crippen LogP contribution is -2.49. The zero-order valence-corrected chi connectivity index (χ0v) is 8.01. The second-order valence-corrected chi connectivity index (χ2v) is 3.59. The highest BCUT2D eigenvalue weighted by Crippen LogP contribution is 2.18. The van der Waals surface area contributed by atoms with Crippen molar-refractivity contribution in [1.29, 1.82) is 0 Å². The van der Waals surface area contributed by atoms with Crippen molar-refractivity contribution in [1.82, 2.24) is 4.90 Å². The number of carbonyl (C=O) groups excluding carboxylic acids is 2. The largest absolute Gasteiger partial charge is 0.391 e. The maximum atomic E-state index is 11.5. The lowest BCUT2D eigenvalue weighted by molar-refractivity contribution is -0.138. The molecule has 0 aliphatic carbocycles. The molecule has 5 N–H and O–H groups in total. The molecule has 6 nitrogen and oxygen atoms in total. The Kier molecular flexibility index (Phi) is 3.07. The topological polar surface area (TPSA) is 110 Å². The fourth-order valence-corrected chi connectivity index (χ4v) is 1.59. The van der Waals surface area contributed by atoms with Crippen molar-refractivity contribution in [2.24, 2.45) is 11.5 Å². The Morgan fingerprint density at radius 1 is 1.57 bits per heavy atom. The molecule has 2 amide bonds. The maximum absolute atomic E-state index is 11.5. The molecule has 80 valence electrons. The number of aliphatic hydroxyl groups excluding tert-OH is 1. The van der Waals surface area contributed by atoms with E-state index < -0.39 is 24.1 Å². The maximum Gasteiger partial charge on any atom is 0.240 e. The van der Waals surface area contributed by atoms with E-state index in [0.717, 1.165) is 0 Å². The summed E-state index contributed by atoms with van der Waals surface area (Å²) in [6.07, 6.45) is -0.483. The van der Waals surface area contributed by atoms with E-state index in [9.17, 15) is 14.7 Å². The first-order valence-corrected chi connectivity index (χ1v) is 4.47. The number of carbonyl (C=O) groups is 2. The Labute approximate surface area is 81.8 Å². The molecular formula is C8H15N3O3. The van der Waals surface area contributed by atoms with Crippen LogP contribution in [-0.4, -0.2) is 46.6 Å². The van der Waals surface area contributed by atoms with Crippen molar-refractivity contribution in [2.75, 3.05) is 6.54 Å². The van der Waals surface area contributed by atoms with E-state index in [0.29, 0.717) is 0 Å². The quantitative estimate of drug-likeness (QED) is 0.470. The van der Waals surface area contributed by atoms with Gasteiger partial charge in [-0.05, 0) is 6.92 Å². The summed E-state index contributed by atoms with van der Waals surface area (Å²) in [5, 5.41) is 9.31. The number of β-amino-alcohol motifs (C(OH)–C–C–N with tert-alkyl or cyclic N) is 1. The molecule has 3 atom stereocenters. The van der Waals surface area contributed by atoms with Gasteiger partial charge in [0, 0.05) is 13.0 Å². The van der Waals surface area contributed by atoms with Gasteiger partial charge in [-0.15, -0.1) is 0 Å². The predicted molar refractivity (Wildman–Crippen MR) is 49.0 cm³/mol. The van der Waals surface area contributed by atoms with E-state index in [1.54, 1.807) is 0 Å². The van der Waals surface area contributed by atoms with Gasteiger partial charge in [0.15, 0.2) is 0 Å². The van der Waals surface area contributed by atoms with Crippen molar-refractivity contribution in [3.8, 4) is 0 Å². The van der Waals surface area contributed by atoms with Gasteiger partial charge in [0.2, 0.25) is 11.8 Å². The van der Waals surface area contributed by atoms with Gasteiger partial charge >= 0.3 is 0 Å². The van der Waals surface area contributed by atoms with Crippen LogP contribution in [0.3, 0.4) is 0 Å². The Morgan fingerprint density at radius 2 is 2.14 bits per heavy atom. The van der Waals surface area contributed by atoms with E-state index in [-0.39, 0.29) is 18.9 Å². The summed E-state index contributed by atoms with van der Waals surface area (Å²) < 4.78 is 0. The van der Waals surface area contributed by atoms with Gasteiger partial charge < -0.3 is 21.5 Å². The van der Waals surface area contributed by atoms with Crippen LogP contribution in [0.5, 0.6) is 0 Å². The molecular weight excluding hydrogens is 186 g/mol. The van der Waals surface area contributed by atoms with Crippen molar-refractivity contribution >= 4 is 11.8 Å². The van der Waals surface area contributed by atoms with Gasteiger partial charge in [-0.3, -0.25) is 9.59 Å². The standard InChI is InChI=1S/C8H15N3O3/c1-4(9)8(14)11-3-5(12)2-6(11)7(10)13/h4-6,12H,2-3,9H2,1H3,(H2,10,13). The van der Waals surface area contributed by atoms with Gasteiger partial charge in [-0.2, -0.15) is 0 Å². The van der Waals surface area contributed by atoms with Gasteiger partial charge in [0.05, 0.1) is 12.1 Å². The van der Waals surface area contributed by atoms with E-state index >= 15 is 0 Å². The second kappa shape index (κ2) is 3.93. The molecule has 1 fully saturated rings. The average Bonchev–Trinajstić information content (AvgIpc) is 2.45. The van der Waals surface area contributed by atoms with Crippen molar-refractivity contribution in [2.45, 2.75) is 31.5 Å². The van der Waals surface area contributed by atoms with Gasteiger partial charge in [0.1, 0.15) is 6.04 Å². The summed E-state index contributed by atoms with van der Waals surface area (Å²) in [5.41, 5.74) is 10.5. The monoisotopic (exact) mass is 201 g/mol. The number of likely N-dealkylation sites (tertiary alicyclic amines) is 1. The van der Waals surface area contributed by atoms with Crippen molar-refractivity contribution < 1.29 is 14.7 Å². The second-order valence-electron chi connectivity index (χ2n) is 3.59. The normalized spacial score (nSPS) is 28.9. The van der Waals surface area contributed by atoms with Crippen LogP contribution in [0.1, 0.15) is 13.3 Å². The Balaban J connectivity index is 2.76. The molecule has 0 aromatic rings. The van der Waals surface area contributed by atoms with Crippen LogP contribution in [0.15, 0.2) is 0 Å². The molecule has 3 unspecified atom stereocenters. The minimum absolute atomic E-state index is 0.133. The lowest BCUT2D eigenvalue weighted by Gasteiger charge is -2.23. The first kappa shape index (κ1) is 10.9. The lowest BCUT2D eigenvalue weighted by atomic mass is 10.2. The molecule has 0 spiro atoms. The number of nitrogens with zero attached hydrogens (tertiary/aromatic N) is 1. The van der Waals surface area contributed by atoms with Crippen LogP contribution in [0.4, 0.5) is 0 Å². The minimum atomic E-state index is -0.719. The van der Waals surface area contributed by atoms with E-state index in [4.69, 9.17) is 11.5 Å². The number of primary amides is 1. The molecule has 1 rings (SSSR count). The van der Waals surface area contributed by atoms with Gasteiger partial charge in [0.25, 0.3) is 0 Å². The molecule has 0 bridgehead atoms. The molecule has 1 aliphatic rings. The number of nitrogens with two attached hydrogens (primary N) is 2. The first-order chi connectivity index (χ1) is 6.43. The molecule has 6 heteroatoms. The van der Waals surface area contributed by atoms with E-state index in [1.807, 2.05) is 0 Å². The van der Waals surface area contributed by atoms with Gasteiger partial charge in [-0.1, -0.05) is 0 Å². The van der Waals surface area contributed by atoms with Crippen LogP contribution in [-0.2, 0) is 9.59 Å². The van der Waals surface area contributed by atoms with Crippen molar-refractivity contribution in [3.63, 3.8) is 0 Å². The Morgan fingerprint density at radius 3 is 2.57 bits per heavy atom. The van der Waals surface area contributed by atoms with Gasteiger partial charge in [-0.25, -0.2) is 0 Å². The number of hydrogen-bond acceptors (Lipinski definition) is 4. The Bertz CT molecular complexity index is 254. The van der Waals surface area contributed by atoms with E-state index in [1.165, 1.54) is 11.8 Å². The number of aliphatic hydroxyl groups is 1. The number of hydrogen-bond donors (Lipinski definition) is 3. The summed E-state index contributed by atoms with van der Waals surface area (Å²) >= 11 is 0. The van der Waals surface area contributed by atoms with Crippen molar-refractivity contribution in [3.05, 3.63) is 0 Å².